The van der Waals surface area contributed by atoms with Crippen LogP contribution >= 0.6 is 0 Å². The van der Waals surface area contributed by atoms with E-state index in [1.54, 1.807) is 7.11 Å². The third-order valence-electron chi connectivity index (χ3n) is 2.21. The minimum absolute atomic E-state index is 0.126. The number of benzene rings is 1. The van der Waals surface area contributed by atoms with Gasteiger partial charge in [-0.15, -0.1) is 0 Å². The number of nitrogens with two attached hydrogens (primary N) is 1. The molecule has 0 fully saturated rings. The van der Waals surface area contributed by atoms with Gasteiger partial charge in [0.1, 0.15) is 18.1 Å². The molecule has 70 valence electrons. The maximum absolute atomic E-state index is 5.76. The quantitative estimate of drug-likeness (QED) is 0.698. The van der Waals surface area contributed by atoms with E-state index in [2.05, 4.69) is 0 Å². The van der Waals surface area contributed by atoms with Crippen LogP contribution in [0.5, 0.6) is 11.5 Å². The largest absolute Gasteiger partial charge is 0.497 e. The molecular weight excluding hydrogens is 166 g/mol. The second-order valence-corrected chi connectivity index (χ2v) is 3.25. The van der Waals surface area contributed by atoms with Crippen LogP contribution in [0, 0.1) is 0 Å². The first-order chi connectivity index (χ1) is 6.29. The lowest BCUT2D eigenvalue weighted by Crippen LogP contribution is -2.33. The summed E-state index contributed by atoms with van der Waals surface area (Å²) in [5.41, 5.74) is 6.93. The van der Waals surface area contributed by atoms with Crippen molar-refractivity contribution >= 4 is 0 Å². The zero-order chi connectivity index (χ0) is 9.26. The van der Waals surface area contributed by atoms with E-state index in [1.165, 1.54) is 5.56 Å². The fraction of sp³-hybridized carbons (Fsp3) is 0.400. The summed E-state index contributed by atoms with van der Waals surface area (Å²) >= 11 is 0. The lowest BCUT2D eigenvalue weighted by atomic mass is 10.0. The lowest BCUT2D eigenvalue weighted by molar-refractivity contribution is 0.262. The summed E-state index contributed by atoms with van der Waals surface area (Å²) in [6.45, 7) is 0.597. The number of hydrogen-bond donors (Lipinski definition) is 1. The van der Waals surface area contributed by atoms with Gasteiger partial charge in [0.05, 0.1) is 7.11 Å². The molecule has 1 heterocycles. The standard InChI is InChI=1S/C10H13NO2/c1-12-9-3-2-7-4-8(11)6-13-10(7)5-9/h2-3,5,8H,4,6,11H2,1H3/t8-/m0/s1. The Balaban J connectivity index is 2.31. The predicted molar refractivity (Wildman–Crippen MR) is 50.2 cm³/mol. The van der Waals surface area contributed by atoms with Crippen LogP contribution in [-0.2, 0) is 6.42 Å². The Hall–Kier alpha value is -1.22. The summed E-state index contributed by atoms with van der Waals surface area (Å²) in [6.07, 6.45) is 0.888. The summed E-state index contributed by atoms with van der Waals surface area (Å²) < 4.78 is 10.6. The summed E-state index contributed by atoms with van der Waals surface area (Å²) in [7, 11) is 1.65. The molecule has 0 radical (unpaired) electrons. The van der Waals surface area contributed by atoms with Crippen LogP contribution in [-0.4, -0.2) is 19.8 Å². The molecule has 2 rings (SSSR count). The van der Waals surface area contributed by atoms with Crippen molar-refractivity contribution in [3.05, 3.63) is 23.8 Å². The fourth-order valence-corrected chi connectivity index (χ4v) is 1.50. The number of methoxy groups -OCH3 is 1. The van der Waals surface area contributed by atoms with E-state index in [-0.39, 0.29) is 6.04 Å². The lowest BCUT2D eigenvalue weighted by Gasteiger charge is -2.22. The zero-order valence-corrected chi connectivity index (χ0v) is 7.62. The molecule has 3 nitrogen and oxygen atoms in total. The molecule has 0 saturated heterocycles. The van der Waals surface area contributed by atoms with Gasteiger partial charge in [-0.1, -0.05) is 6.07 Å². The molecule has 0 unspecified atom stereocenters. The van der Waals surface area contributed by atoms with Gasteiger partial charge >= 0.3 is 0 Å². The molecule has 1 aromatic rings. The van der Waals surface area contributed by atoms with Crippen LogP contribution in [0.4, 0.5) is 0 Å². The molecule has 0 aliphatic carbocycles. The molecule has 0 bridgehead atoms. The van der Waals surface area contributed by atoms with Crippen molar-refractivity contribution < 1.29 is 9.47 Å². The van der Waals surface area contributed by atoms with Crippen LogP contribution < -0.4 is 15.2 Å². The van der Waals surface area contributed by atoms with Gasteiger partial charge in [-0.05, 0) is 18.1 Å². The van der Waals surface area contributed by atoms with Gasteiger partial charge in [0.25, 0.3) is 0 Å². The van der Waals surface area contributed by atoms with E-state index in [0.29, 0.717) is 6.61 Å². The third kappa shape index (κ3) is 1.60. The minimum atomic E-state index is 0.126. The smallest absolute Gasteiger partial charge is 0.126 e. The Bertz CT molecular complexity index is 312. The average Bonchev–Trinajstić information content (AvgIpc) is 2.17. The monoisotopic (exact) mass is 179 g/mol. The second kappa shape index (κ2) is 3.26. The topological polar surface area (TPSA) is 44.5 Å². The van der Waals surface area contributed by atoms with E-state index in [0.717, 1.165) is 17.9 Å². The fourth-order valence-electron chi connectivity index (χ4n) is 1.50. The third-order valence-corrected chi connectivity index (χ3v) is 2.21. The van der Waals surface area contributed by atoms with Gasteiger partial charge in [0.2, 0.25) is 0 Å². The van der Waals surface area contributed by atoms with Crippen molar-refractivity contribution in [2.45, 2.75) is 12.5 Å². The second-order valence-electron chi connectivity index (χ2n) is 3.25. The summed E-state index contributed by atoms with van der Waals surface area (Å²) in [5, 5.41) is 0. The van der Waals surface area contributed by atoms with Crippen molar-refractivity contribution in [2.24, 2.45) is 5.73 Å². The van der Waals surface area contributed by atoms with E-state index < -0.39 is 0 Å². The minimum Gasteiger partial charge on any atom is -0.497 e. The number of ether oxygens (including phenoxy) is 2. The van der Waals surface area contributed by atoms with Crippen molar-refractivity contribution in [2.75, 3.05) is 13.7 Å². The highest BCUT2D eigenvalue weighted by atomic mass is 16.5. The maximum atomic E-state index is 5.76. The molecule has 0 aromatic heterocycles. The highest BCUT2D eigenvalue weighted by molar-refractivity contribution is 5.42. The highest BCUT2D eigenvalue weighted by Gasteiger charge is 2.16. The van der Waals surface area contributed by atoms with Crippen LogP contribution in [0.1, 0.15) is 5.56 Å². The van der Waals surface area contributed by atoms with E-state index in [4.69, 9.17) is 15.2 Å². The van der Waals surface area contributed by atoms with Crippen molar-refractivity contribution in [1.29, 1.82) is 0 Å². The Morgan fingerprint density at radius 2 is 2.38 bits per heavy atom. The Morgan fingerprint density at radius 3 is 3.15 bits per heavy atom. The molecule has 13 heavy (non-hydrogen) atoms. The zero-order valence-electron chi connectivity index (χ0n) is 7.62. The highest BCUT2D eigenvalue weighted by Crippen LogP contribution is 2.28. The maximum Gasteiger partial charge on any atom is 0.126 e. The van der Waals surface area contributed by atoms with Crippen molar-refractivity contribution in [1.82, 2.24) is 0 Å². The van der Waals surface area contributed by atoms with Crippen LogP contribution in [0.2, 0.25) is 0 Å². The molecule has 1 aliphatic rings. The van der Waals surface area contributed by atoms with E-state index in [1.807, 2.05) is 18.2 Å². The van der Waals surface area contributed by atoms with Gasteiger partial charge in [0, 0.05) is 12.1 Å². The summed E-state index contributed by atoms with van der Waals surface area (Å²) in [4.78, 5) is 0. The first-order valence-electron chi connectivity index (χ1n) is 4.35. The van der Waals surface area contributed by atoms with Crippen LogP contribution in [0.3, 0.4) is 0 Å². The number of rotatable bonds is 1. The van der Waals surface area contributed by atoms with Gasteiger partial charge in [-0.3, -0.25) is 0 Å². The SMILES string of the molecule is COc1ccc2c(c1)OC[C@@H](N)C2. The Kier molecular flexibility index (Phi) is 2.10. The van der Waals surface area contributed by atoms with Crippen LogP contribution in [0.15, 0.2) is 18.2 Å². The predicted octanol–water partition coefficient (Wildman–Crippen LogP) is 0.957. The molecule has 3 heteroatoms. The molecule has 1 aliphatic heterocycles. The molecule has 0 spiro atoms. The number of fused-ring (bicyclic) bond motifs is 1. The van der Waals surface area contributed by atoms with Gasteiger partial charge in [-0.25, -0.2) is 0 Å². The van der Waals surface area contributed by atoms with Crippen molar-refractivity contribution in [3.63, 3.8) is 0 Å². The molecular formula is C10H13NO2. The Labute approximate surface area is 77.5 Å². The molecule has 0 amide bonds. The van der Waals surface area contributed by atoms with Gasteiger partial charge in [-0.2, -0.15) is 0 Å². The molecule has 0 saturated carbocycles. The number of hydrogen-bond acceptors (Lipinski definition) is 3. The summed E-state index contributed by atoms with van der Waals surface area (Å²) in [5.74, 6) is 1.73. The molecule has 2 N–H and O–H groups in total. The first kappa shape index (κ1) is 8.38. The van der Waals surface area contributed by atoms with Gasteiger partial charge < -0.3 is 15.2 Å². The average molecular weight is 179 g/mol. The van der Waals surface area contributed by atoms with Crippen LogP contribution in [0.25, 0.3) is 0 Å². The van der Waals surface area contributed by atoms with Gasteiger partial charge in [0.15, 0.2) is 0 Å². The normalized spacial score (nSPS) is 20.3. The molecule has 1 atom stereocenters. The van der Waals surface area contributed by atoms with E-state index >= 15 is 0 Å². The first-order valence-corrected chi connectivity index (χ1v) is 4.35. The summed E-state index contributed by atoms with van der Waals surface area (Å²) in [6, 6.07) is 5.97. The molecule has 1 aromatic carbocycles. The van der Waals surface area contributed by atoms with E-state index in [9.17, 15) is 0 Å². The Morgan fingerprint density at radius 1 is 1.54 bits per heavy atom. The van der Waals surface area contributed by atoms with Crippen molar-refractivity contribution in [3.8, 4) is 11.5 Å².